The summed E-state index contributed by atoms with van der Waals surface area (Å²) in [6.07, 6.45) is 6.99. The molecule has 0 bridgehead atoms. The van der Waals surface area contributed by atoms with Gasteiger partial charge in [0.1, 0.15) is 0 Å². The molecule has 0 radical (unpaired) electrons. The Morgan fingerprint density at radius 3 is 1.09 bits per heavy atom. The molecule has 0 spiro atoms. The fourth-order valence-electron chi connectivity index (χ4n) is 3.59. The molecule has 2 rings (SSSR count). The molecule has 0 amide bonds. The number of unbranched alkanes of at least 4 members (excludes halogenated alkanes) is 5. The molecule has 170 valence electrons. The molecule has 0 aliphatic rings. The number of carbonyl (C=O) groups is 4. The van der Waals surface area contributed by atoms with Crippen LogP contribution >= 0.6 is 0 Å². The van der Waals surface area contributed by atoms with Crippen molar-refractivity contribution in [3.8, 4) is 0 Å². The van der Waals surface area contributed by atoms with Gasteiger partial charge in [0.25, 0.3) is 0 Å². The minimum atomic E-state index is -1.26. The Bertz CT molecular complexity index is 928. The lowest BCUT2D eigenvalue weighted by Gasteiger charge is -2.07. The van der Waals surface area contributed by atoms with Crippen LogP contribution in [0, 0.1) is 0 Å². The first-order valence-electron chi connectivity index (χ1n) is 10.4. The van der Waals surface area contributed by atoms with Crippen molar-refractivity contribution in [1.82, 2.24) is 0 Å². The number of hydrogen-bond donors (Lipinski definition) is 4. The fourth-order valence-corrected chi connectivity index (χ4v) is 3.59. The summed E-state index contributed by atoms with van der Waals surface area (Å²) in [5, 5.41) is 36.5. The third-order valence-corrected chi connectivity index (χ3v) is 5.27. The first kappa shape index (κ1) is 24.6. The van der Waals surface area contributed by atoms with Crippen molar-refractivity contribution in [3.63, 3.8) is 0 Å². The summed E-state index contributed by atoms with van der Waals surface area (Å²) in [5.41, 5.74) is 0.774. The average molecular weight is 442 g/mol. The molecule has 0 saturated carbocycles. The van der Waals surface area contributed by atoms with Crippen molar-refractivity contribution < 1.29 is 39.6 Å². The lowest BCUT2D eigenvalue weighted by Crippen LogP contribution is -2.08. The van der Waals surface area contributed by atoms with Crippen molar-refractivity contribution in [3.05, 3.63) is 69.8 Å². The molecule has 0 aromatic heterocycles. The molecule has 0 fully saturated rings. The van der Waals surface area contributed by atoms with Gasteiger partial charge in [0.2, 0.25) is 0 Å². The highest BCUT2D eigenvalue weighted by molar-refractivity contribution is 6.02. The van der Waals surface area contributed by atoms with Crippen molar-refractivity contribution in [2.24, 2.45) is 0 Å². The van der Waals surface area contributed by atoms with Crippen LogP contribution in [0.15, 0.2) is 36.4 Å². The van der Waals surface area contributed by atoms with Gasteiger partial charge in [-0.05, 0) is 61.1 Å². The van der Waals surface area contributed by atoms with Crippen molar-refractivity contribution >= 4 is 23.9 Å². The standard InChI is InChI=1S/C24H26O8/c25-21(26)17-11-9-15(13-19(17)23(29)30)7-5-3-1-2-4-6-8-16-10-12-18(22(27)28)20(14-16)24(31)32/h9-14H,1-8H2,(H,25,26)(H,27,28)(H,29,30)(H,31,32). The van der Waals surface area contributed by atoms with E-state index in [0.29, 0.717) is 12.8 Å². The zero-order valence-electron chi connectivity index (χ0n) is 17.5. The summed E-state index contributed by atoms with van der Waals surface area (Å²) in [6.45, 7) is 0. The summed E-state index contributed by atoms with van der Waals surface area (Å²) in [6, 6.07) is 8.81. The molecule has 0 unspecified atom stereocenters. The van der Waals surface area contributed by atoms with E-state index >= 15 is 0 Å². The van der Waals surface area contributed by atoms with Crippen LogP contribution in [0.4, 0.5) is 0 Å². The molecular weight excluding hydrogens is 416 g/mol. The smallest absolute Gasteiger partial charge is 0.336 e. The third-order valence-electron chi connectivity index (χ3n) is 5.27. The van der Waals surface area contributed by atoms with Crippen LogP contribution in [0.3, 0.4) is 0 Å². The Balaban J connectivity index is 1.71. The van der Waals surface area contributed by atoms with Crippen molar-refractivity contribution in [1.29, 1.82) is 0 Å². The molecule has 0 atom stereocenters. The van der Waals surface area contributed by atoms with Gasteiger partial charge in [-0.25, -0.2) is 19.2 Å². The maximum Gasteiger partial charge on any atom is 0.336 e. The van der Waals surface area contributed by atoms with Crippen LogP contribution in [0.1, 0.15) is 91.1 Å². The largest absolute Gasteiger partial charge is 0.478 e. The summed E-state index contributed by atoms with van der Waals surface area (Å²) >= 11 is 0. The van der Waals surface area contributed by atoms with E-state index in [1.807, 2.05) is 0 Å². The van der Waals surface area contributed by atoms with Gasteiger partial charge >= 0.3 is 23.9 Å². The number of rotatable bonds is 13. The molecule has 8 heteroatoms. The summed E-state index contributed by atoms with van der Waals surface area (Å²) in [5.74, 6) is -5.02. The second kappa shape index (κ2) is 11.6. The van der Waals surface area contributed by atoms with E-state index in [-0.39, 0.29) is 22.3 Å². The zero-order chi connectivity index (χ0) is 23.7. The Morgan fingerprint density at radius 2 is 0.781 bits per heavy atom. The van der Waals surface area contributed by atoms with Crippen LogP contribution in [0.25, 0.3) is 0 Å². The minimum absolute atomic E-state index is 0.197. The van der Waals surface area contributed by atoms with Crippen molar-refractivity contribution in [2.75, 3.05) is 0 Å². The first-order chi connectivity index (χ1) is 15.2. The predicted molar refractivity (Wildman–Crippen MR) is 116 cm³/mol. The number of aromatic carboxylic acids is 4. The Labute approximate surface area is 185 Å². The Hall–Kier alpha value is -3.68. The second-order valence-corrected chi connectivity index (χ2v) is 7.60. The predicted octanol–water partition coefficient (Wildman–Crippen LogP) is 4.61. The van der Waals surface area contributed by atoms with Gasteiger partial charge in [0.15, 0.2) is 0 Å². The maximum absolute atomic E-state index is 11.2. The van der Waals surface area contributed by atoms with Gasteiger partial charge < -0.3 is 20.4 Å². The third kappa shape index (κ3) is 6.94. The Kier molecular flexibility index (Phi) is 8.95. The lowest BCUT2D eigenvalue weighted by atomic mass is 9.98. The van der Waals surface area contributed by atoms with E-state index in [4.69, 9.17) is 10.2 Å². The molecule has 0 saturated heterocycles. The molecule has 32 heavy (non-hydrogen) atoms. The molecular formula is C24H26O8. The van der Waals surface area contributed by atoms with Crippen molar-refractivity contribution in [2.45, 2.75) is 51.4 Å². The zero-order valence-corrected chi connectivity index (χ0v) is 17.5. The molecule has 0 aliphatic carbocycles. The van der Waals surface area contributed by atoms with Gasteiger partial charge in [-0.1, -0.05) is 37.8 Å². The van der Waals surface area contributed by atoms with E-state index in [1.165, 1.54) is 24.3 Å². The van der Waals surface area contributed by atoms with Gasteiger partial charge in [0.05, 0.1) is 22.3 Å². The number of carboxylic acid groups (broad SMARTS) is 4. The van der Waals surface area contributed by atoms with E-state index in [2.05, 4.69) is 0 Å². The van der Waals surface area contributed by atoms with E-state index in [9.17, 15) is 29.4 Å². The van der Waals surface area contributed by atoms with E-state index < -0.39 is 23.9 Å². The highest BCUT2D eigenvalue weighted by Crippen LogP contribution is 2.18. The molecule has 2 aromatic rings. The number of aryl methyl sites for hydroxylation is 2. The SMILES string of the molecule is O=C(O)c1ccc(CCCCCCCCc2ccc(C(=O)O)c(C(=O)O)c2)cc1C(=O)O. The van der Waals surface area contributed by atoms with Crippen LogP contribution in [-0.4, -0.2) is 44.3 Å². The van der Waals surface area contributed by atoms with Crippen LogP contribution in [0.5, 0.6) is 0 Å². The average Bonchev–Trinajstić information content (AvgIpc) is 2.74. The Morgan fingerprint density at radius 1 is 0.469 bits per heavy atom. The monoisotopic (exact) mass is 442 g/mol. The minimum Gasteiger partial charge on any atom is -0.478 e. The normalized spacial score (nSPS) is 10.6. The van der Waals surface area contributed by atoms with E-state index in [0.717, 1.165) is 49.7 Å². The first-order valence-corrected chi connectivity index (χ1v) is 10.4. The van der Waals surface area contributed by atoms with Gasteiger partial charge in [-0.15, -0.1) is 0 Å². The lowest BCUT2D eigenvalue weighted by molar-refractivity contribution is 0.0651. The highest BCUT2D eigenvalue weighted by atomic mass is 16.4. The van der Waals surface area contributed by atoms with Crippen LogP contribution in [-0.2, 0) is 12.8 Å². The quantitative estimate of drug-likeness (QED) is 0.329. The number of carboxylic acids is 4. The van der Waals surface area contributed by atoms with Gasteiger partial charge in [-0.2, -0.15) is 0 Å². The second-order valence-electron chi connectivity index (χ2n) is 7.60. The van der Waals surface area contributed by atoms with Gasteiger partial charge in [0, 0.05) is 0 Å². The number of benzene rings is 2. The molecule has 2 aromatic carbocycles. The number of hydrogen-bond acceptors (Lipinski definition) is 4. The summed E-state index contributed by atoms with van der Waals surface area (Å²) < 4.78 is 0. The fraction of sp³-hybridized carbons (Fsp3) is 0.333. The van der Waals surface area contributed by atoms with E-state index in [1.54, 1.807) is 12.1 Å². The maximum atomic E-state index is 11.2. The summed E-state index contributed by atoms with van der Waals surface area (Å²) in [7, 11) is 0. The molecule has 8 nitrogen and oxygen atoms in total. The molecule has 0 aliphatic heterocycles. The van der Waals surface area contributed by atoms with Crippen LogP contribution in [0.2, 0.25) is 0 Å². The molecule has 0 heterocycles. The summed E-state index contributed by atoms with van der Waals surface area (Å²) in [4.78, 5) is 44.7. The highest BCUT2D eigenvalue weighted by Gasteiger charge is 2.17. The van der Waals surface area contributed by atoms with Crippen LogP contribution < -0.4 is 0 Å². The molecule has 4 N–H and O–H groups in total. The topological polar surface area (TPSA) is 149 Å². The van der Waals surface area contributed by atoms with Gasteiger partial charge in [-0.3, -0.25) is 0 Å².